The Balaban J connectivity index is 1.71. The van der Waals surface area contributed by atoms with Crippen LogP contribution in [-0.4, -0.2) is 17.7 Å². The SMILES string of the molecule is Cc1cccc(CC(=O)NC(C(=O)NCc2ccc(C(N)=O)c(C)c2)c2ccccc2)c1. The number of aryl methyl sites for hydroxylation is 2. The van der Waals surface area contributed by atoms with Crippen LogP contribution in [-0.2, 0) is 22.6 Å². The van der Waals surface area contributed by atoms with Gasteiger partial charge in [0.2, 0.25) is 17.7 Å². The van der Waals surface area contributed by atoms with Crippen LogP contribution in [0.2, 0.25) is 0 Å². The second kappa shape index (κ2) is 10.4. The third-order valence-electron chi connectivity index (χ3n) is 5.17. The highest BCUT2D eigenvalue weighted by Crippen LogP contribution is 2.15. The number of amides is 3. The van der Waals surface area contributed by atoms with E-state index in [1.165, 1.54) is 0 Å². The van der Waals surface area contributed by atoms with Gasteiger partial charge in [-0.15, -0.1) is 0 Å². The number of carbonyl (C=O) groups is 3. The lowest BCUT2D eigenvalue weighted by Gasteiger charge is -2.19. The minimum absolute atomic E-state index is 0.187. The van der Waals surface area contributed by atoms with Crippen LogP contribution in [0.5, 0.6) is 0 Å². The summed E-state index contributed by atoms with van der Waals surface area (Å²) in [7, 11) is 0. The van der Waals surface area contributed by atoms with Gasteiger partial charge in [-0.1, -0.05) is 72.3 Å². The molecule has 3 aromatic carbocycles. The van der Waals surface area contributed by atoms with Gasteiger partial charge in [0.1, 0.15) is 6.04 Å². The van der Waals surface area contributed by atoms with Crippen molar-refractivity contribution >= 4 is 17.7 Å². The van der Waals surface area contributed by atoms with E-state index in [0.29, 0.717) is 11.1 Å². The first-order valence-electron chi connectivity index (χ1n) is 10.4. The summed E-state index contributed by atoms with van der Waals surface area (Å²) in [5, 5.41) is 5.74. The van der Waals surface area contributed by atoms with Gasteiger partial charge in [0.15, 0.2) is 0 Å². The monoisotopic (exact) mass is 429 g/mol. The maximum absolute atomic E-state index is 13.0. The number of primary amides is 1. The van der Waals surface area contributed by atoms with Crippen LogP contribution in [0.4, 0.5) is 0 Å². The molecule has 1 unspecified atom stereocenters. The molecule has 3 aromatic rings. The molecule has 0 spiro atoms. The number of hydrogen-bond donors (Lipinski definition) is 3. The molecule has 0 radical (unpaired) electrons. The minimum Gasteiger partial charge on any atom is -0.366 e. The Morgan fingerprint density at radius 3 is 2.28 bits per heavy atom. The van der Waals surface area contributed by atoms with Gasteiger partial charge < -0.3 is 16.4 Å². The van der Waals surface area contributed by atoms with Gasteiger partial charge in [0.05, 0.1) is 6.42 Å². The zero-order valence-electron chi connectivity index (χ0n) is 18.2. The molecule has 1 atom stereocenters. The number of rotatable bonds is 8. The van der Waals surface area contributed by atoms with Crippen LogP contribution >= 0.6 is 0 Å². The van der Waals surface area contributed by atoms with Crippen molar-refractivity contribution in [1.82, 2.24) is 10.6 Å². The molecule has 0 aliphatic heterocycles. The predicted molar refractivity (Wildman–Crippen MR) is 124 cm³/mol. The van der Waals surface area contributed by atoms with E-state index in [-0.39, 0.29) is 24.8 Å². The molecule has 4 N–H and O–H groups in total. The zero-order chi connectivity index (χ0) is 23.1. The average Bonchev–Trinajstić information content (AvgIpc) is 2.76. The smallest absolute Gasteiger partial charge is 0.248 e. The van der Waals surface area contributed by atoms with E-state index in [2.05, 4.69) is 10.6 Å². The quantitative estimate of drug-likeness (QED) is 0.513. The molecule has 0 fully saturated rings. The van der Waals surface area contributed by atoms with Crippen molar-refractivity contribution < 1.29 is 14.4 Å². The molecule has 0 bridgehead atoms. The molecule has 0 saturated heterocycles. The summed E-state index contributed by atoms with van der Waals surface area (Å²) >= 11 is 0. The van der Waals surface area contributed by atoms with Crippen molar-refractivity contribution in [3.63, 3.8) is 0 Å². The molecule has 3 rings (SSSR count). The molecule has 6 nitrogen and oxygen atoms in total. The van der Waals surface area contributed by atoms with Crippen molar-refractivity contribution in [3.8, 4) is 0 Å². The van der Waals surface area contributed by atoms with Gasteiger partial charge in [-0.25, -0.2) is 0 Å². The zero-order valence-corrected chi connectivity index (χ0v) is 18.2. The van der Waals surface area contributed by atoms with Gasteiger partial charge in [0.25, 0.3) is 0 Å². The van der Waals surface area contributed by atoms with Gasteiger partial charge in [-0.3, -0.25) is 14.4 Å². The van der Waals surface area contributed by atoms with Gasteiger partial charge in [0, 0.05) is 12.1 Å². The van der Waals surface area contributed by atoms with Crippen molar-refractivity contribution in [3.05, 3.63) is 106 Å². The minimum atomic E-state index is -0.820. The van der Waals surface area contributed by atoms with Crippen LogP contribution in [0.3, 0.4) is 0 Å². The summed E-state index contributed by atoms with van der Waals surface area (Å²) in [5.74, 6) is -1.04. The molecule has 3 amide bonds. The van der Waals surface area contributed by atoms with Crippen LogP contribution in [0, 0.1) is 13.8 Å². The molecular weight excluding hydrogens is 402 g/mol. The fraction of sp³-hybridized carbons (Fsp3) is 0.192. The van der Waals surface area contributed by atoms with Gasteiger partial charge in [-0.05, 0) is 42.2 Å². The molecular formula is C26H27N3O3. The van der Waals surface area contributed by atoms with E-state index in [4.69, 9.17) is 5.73 Å². The lowest BCUT2D eigenvalue weighted by atomic mass is 10.0. The number of carbonyl (C=O) groups excluding carboxylic acids is 3. The molecule has 164 valence electrons. The average molecular weight is 430 g/mol. The number of nitrogens with one attached hydrogen (secondary N) is 2. The molecule has 0 heterocycles. The van der Waals surface area contributed by atoms with E-state index < -0.39 is 11.9 Å². The van der Waals surface area contributed by atoms with Crippen LogP contribution in [0.1, 0.15) is 44.2 Å². The summed E-state index contributed by atoms with van der Waals surface area (Å²) in [6.45, 7) is 4.03. The van der Waals surface area contributed by atoms with Gasteiger partial charge in [-0.2, -0.15) is 0 Å². The maximum Gasteiger partial charge on any atom is 0.248 e. The standard InChI is InChI=1S/C26H27N3O3/c1-17-7-6-8-19(13-17)15-23(30)29-24(21-9-4-3-5-10-21)26(32)28-16-20-11-12-22(25(27)31)18(2)14-20/h3-14,24H,15-16H2,1-2H3,(H2,27,31)(H,28,32)(H,29,30). The van der Waals surface area contributed by atoms with E-state index >= 15 is 0 Å². The topological polar surface area (TPSA) is 101 Å². The Kier molecular flexibility index (Phi) is 7.39. The van der Waals surface area contributed by atoms with E-state index in [0.717, 1.165) is 22.3 Å². The van der Waals surface area contributed by atoms with Crippen LogP contribution in [0.25, 0.3) is 0 Å². The Morgan fingerprint density at radius 1 is 0.875 bits per heavy atom. The predicted octanol–water partition coefficient (Wildman–Crippen LogP) is 3.12. The highest BCUT2D eigenvalue weighted by atomic mass is 16.2. The molecule has 0 aliphatic rings. The Morgan fingerprint density at radius 2 is 1.62 bits per heavy atom. The fourth-order valence-electron chi connectivity index (χ4n) is 3.57. The van der Waals surface area contributed by atoms with Gasteiger partial charge >= 0.3 is 0 Å². The summed E-state index contributed by atoms with van der Waals surface area (Å²) in [5.41, 5.74) is 10.0. The third kappa shape index (κ3) is 6.04. The third-order valence-corrected chi connectivity index (χ3v) is 5.17. The lowest BCUT2D eigenvalue weighted by molar-refractivity contribution is -0.129. The van der Waals surface area contributed by atoms with E-state index in [1.54, 1.807) is 19.1 Å². The second-order valence-electron chi connectivity index (χ2n) is 7.81. The number of benzene rings is 3. The first-order valence-corrected chi connectivity index (χ1v) is 10.4. The van der Waals surface area contributed by atoms with Crippen molar-refractivity contribution in [2.45, 2.75) is 32.9 Å². The Bertz CT molecular complexity index is 1130. The summed E-state index contributed by atoms with van der Waals surface area (Å²) in [4.78, 5) is 37.1. The second-order valence-corrected chi connectivity index (χ2v) is 7.81. The van der Waals surface area contributed by atoms with Crippen molar-refractivity contribution in [2.75, 3.05) is 0 Å². The maximum atomic E-state index is 13.0. The van der Waals surface area contributed by atoms with Crippen LogP contribution < -0.4 is 16.4 Å². The molecule has 0 aromatic heterocycles. The fourth-order valence-corrected chi connectivity index (χ4v) is 3.57. The van der Waals surface area contributed by atoms with E-state index in [1.807, 2.05) is 67.6 Å². The Labute approximate surface area is 187 Å². The normalized spacial score (nSPS) is 11.4. The van der Waals surface area contributed by atoms with Crippen molar-refractivity contribution in [1.29, 1.82) is 0 Å². The summed E-state index contributed by atoms with van der Waals surface area (Å²) < 4.78 is 0. The highest BCUT2D eigenvalue weighted by Gasteiger charge is 2.22. The van der Waals surface area contributed by atoms with Crippen molar-refractivity contribution in [2.24, 2.45) is 5.73 Å². The highest BCUT2D eigenvalue weighted by molar-refractivity contribution is 5.94. The van der Waals surface area contributed by atoms with E-state index in [9.17, 15) is 14.4 Å². The largest absolute Gasteiger partial charge is 0.366 e. The number of hydrogen-bond acceptors (Lipinski definition) is 3. The molecule has 32 heavy (non-hydrogen) atoms. The number of nitrogens with two attached hydrogens (primary N) is 1. The molecule has 0 aliphatic carbocycles. The van der Waals surface area contributed by atoms with Crippen LogP contribution in [0.15, 0.2) is 72.8 Å². The lowest BCUT2D eigenvalue weighted by Crippen LogP contribution is -2.40. The first kappa shape index (κ1) is 22.7. The summed E-state index contributed by atoms with van der Waals surface area (Å²) in [6, 6.07) is 21.2. The summed E-state index contributed by atoms with van der Waals surface area (Å²) in [6.07, 6.45) is 0.187. The Hall–Kier alpha value is -3.93. The first-order chi connectivity index (χ1) is 15.3. The molecule has 6 heteroatoms. The molecule has 0 saturated carbocycles.